The molecule has 1 heterocycles. The molecule has 0 aromatic heterocycles. The Morgan fingerprint density at radius 1 is 1.30 bits per heavy atom. The summed E-state index contributed by atoms with van der Waals surface area (Å²) in [6.07, 6.45) is -4.74. The van der Waals surface area contributed by atoms with Crippen molar-refractivity contribution in [1.82, 2.24) is 4.90 Å². The minimum atomic E-state index is -4.86. The van der Waals surface area contributed by atoms with Gasteiger partial charge >= 0.3 is 12.3 Å². The number of rotatable bonds is 6. The molecule has 1 atom stereocenters. The maximum absolute atomic E-state index is 14.1. The molecule has 8 nitrogen and oxygen atoms in total. The standard InChI is InChI=1S/C22H32F3N3O5/c1-14(2)32-17-10-9-16(28(30)31)19(18(17)22(23,24)25)27-11-7-8-15(13-27)12-26(6)20(29)33-21(3,4)5/h9-10,14-15H,7-8,11-13H2,1-6H3/t15-/m0/s1. The Kier molecular flexibility index (Phi) is 8.08. The lowest BCUT2D eigenvalue weighted by Crippen LogP contribution is -2.43. The fourth-order valence-corrected chi connectivity index (χ4v) is 3.87. The highest BCUT2D eigenvalue weighted by atomic mass is 19.4. The van der Waals surface area contributed by atoms with E-state index in [4.69, 9.17) is 9.47 Å². The van der Waals surface area contributed by atoms with Crippen LogP contribution in [0.4, 0.5) is 29.3 Å². The second-order valence-electron chi connectivity index (χ2n) is 9.54. The Morgan fingerprint density at radius 3 is 2.45 bits per heavy atom. The third-order valence-electron chi connectivity index (χ3n) is 5.03. The van der Waals surface area contributed by atoms with E-state index >= 15 is 0 Å². The number of ether oxygens (including phenoxy) is 2. The first-order valence-electron chi connectivity index (χ1n) is 10.8. The van der Waals surface area contributed by atoms with Crippen molar-refractivity contribution >= 4 is 17.5 Å². The molecule has 1 aromatic rings. The summed E-state index contributed by atoms with van der Waals surface area (Å²) in [7, 11) is 1.56. The van der Waals surface area contributed by atoms with Gasteiger partial charge in [0, 0.05) is 32.7 Å². The van der Waals surface area contributed by atoms with Gasteiger partial charge in [-0.15, -0.1) is 0 Å². The van der Waals surface area contributed by atoms with Crippen LogP contribution in [0.5, 0.6) is 5.75 Å². The summed E-state index contributed by atoms with van der Waals surface area (Å²) < 4.78 is 53.1. The average Bonchev–Trinajstić information content (AvgIpc) is 2.64. The van der Waals surface area contributed by atoms with Crippen molar-refractivity contribution in [2.45, 2.75) is 65.3 Å². The van der Waals surface area contributed by atoms with Gasteiger partial charge in [-0.3, -0.25) is 10.1 Å². The molecule has 0 aliphatic carbocycles. The summed E-state index contributed by atoms with van der Waals surface area (Å²) in [6.45, 7) is 9.00. The normalized spacial score (nSPS) is 17.2. The number of nitrogens with zero attached hydrogens (tertiary/aromatic N) is 3. The Morgan fingerprint density at radius 2 is 1.94 bits per heavy atom. The molecule has 0 radical (unpaired) electrons. The van der Waals surface area contributed by atoms with E-state index in [-0.39, 0.29) is 25.6 Å². The number of halogens is 3. The van der Waals surface area contributed by atoms with Crippen molar-refractivity contribution in [3.8, 4) is 5.75 Å². The van der Waals surface area contributed by atoms with Gasteiger partial charge in [0.15, 0.2) is 0 Å². The zero-order valence-electron chi connectivity index (χ0n) is 19.9. The maximum Gasteiger partial charge on any atom is 0.422 e. The third kappa shape index (κ3) is 7.13. The topological polar surface area (TPSA) is 85.2 Å². The number of piperidine rings is 1. The molecule has 0 bridgehead atoms. The molecule has 0 unspecified atom stereocenters. The van der Waals surface area contributed by atoms with Crippen molar-refractivity contribution < 1.29 is 32.4 Å². The number of amides is 1. The van der Waals surface area contributed by atoms with E-state index in [0.717, 1.165) is 12.1 Å². The van der Waals surface area contributed by atoms with Gasteiger partial charge in [0.2, 0.25) is 0 Å². The molecule has 1 aliphatic rings. The van der Waals surface area contributed by atoms with Gasteiger partial charge in [-0.2, -0.15) is 13.2 Å². The lowest BCUT2D eigenvalue weighted by molar-refractivity contribution is -0.384. The van der Waals surface area contributed by atoms with Crippen LogP contribution < -0.4 is 9.64 Å². The number of hydrogen-bond acceptors (Lipinski definition) is 6. The van der Waals surface area contributed by atoms with Crippen LogP contribution in [0.15, 0.2) is 12.1 Å². The molecule has 1 amide bonds. The Labute approximate surface area is 191 Å². The number of nitro benzene ring substituents is 1. The number of carbonyl (C=O) groups is 1. The van der Waals surface area contributed by atoms with Crippen LogP contribution in [0.2, 0.25) is 0 Å². The summed E-state index contributed by atoms with van der Waals surface area (Å²) in [6, 6.07) is 2.06. The molecule has 1 saturated heterocycles. The molecule has 33 heavy (non-hydrogen) atoms. The quantitative estimate of drug-likeness (QED) is 0.400. The minimum Gasteiger partial charge on any atom is -0.490 e. The summed E-state index contributed by atoms with van der Waals surface area (Å²) in [4.78, 5) is 25.9. The molecular formula is C22H32F3N3O5. The first kappa shape index (κ1) is 26.5. The van der Waals surface area contributed by atoms with Crippen molar-refractivity contribution in [2.24, 2.45) is 5.92 Å². The molecular weight excluding hydrogens is 443 g/mol. The number of hydrogen-bond donors (Lipinski definition) is 0. The van der Waals surface area contributed by atoms with Crippen LogP contribution in [0.1, 0.15) is 53.0 Å². The van der Waals surface area contributed by atoms with Gasteiger partial charge in [0.05, 0.1) is 11.0 Å². The number of carbonyl (C=O) groups excluding carboxylic acids is 1. The second kappa shape index (κ2) is 10.0. The summed E-state index contributed by atoms with van der Waals surface area (Å²) >= 11 is 0. The SMILES string of the molecule is CC(C)Oc1ccc([N+](=O)[O-])c(N2CCC[C@@H](CN(C)C(=O)OC(C)(C)C)C2)c1C(F)(F)F. The highest BCUT2D eigenvalue weighted by Crippen LogP contribution is 2.48. The minimum absolute atomic E-state index is 0.127. The number of alkyl halides is 3. The van der Waals surface area contributed by atoms with Crippen LogP contribution in [0, 0.1) is 16.0 Å². The monoisotopic (exact) mass is 475 g/mol. The summed E-state index contributed by atoms with van der Waals surface area (Å²) in [5.41, 5.74) is -2.94. The van der Waals surface area contributed by atoms with Gasteiger partial charge in [0.1, 0.15) is 22.6 Å². The number of anilines is 1. The third-order valence-corrected chi connectivity index (χ3v) is 5.03. The van der Waals surface area contributed by atoms with Crippen molar-refractivity contribution in [3.05, 3.63) is 27.8 Å². The van der Waals surface area contributed by atoms with Crippen molar-refractivity contribution in [2.75, 3.05) is 31.6 Å². The zero-order chi connectivity index (χ0) is 25.1. The predicted octanol–water partition coefficient (Wildman–Crippen LogP) is 5.48. The van der Waals surface area contributed by atoms with Crippen LogP contribution in [-0.2, 0) is 10.9 Å². The van der Waals surface area contributed by atoms with Crippen LogP contribution in [0.3, 0.4) is 0 Å². The van der Waals surface area contributed by atoms with E-state index in [2.05, 4.69) is 0 Å². The van der Waals surface area contributed by atoms with E-state index in [1.54, 1.807) is 41.7 Å². The van der Waals surface area contributed by atoms with Gasteiger partial charge in [-0.1, -0.05) is 0 Å². The molecule has 1 aliphatic heterocycles. The fourth-order valence-electron chi connectivity index (χ4n) is 3.87. The lowest BCUT2D eigenvalue weighted by atomic mass is 9.95. The zero-order valence-corrected chi connectivity index (χ0v) is 19.9. The number of benzene rings is 1. The Balaban J connectivity index is 2.40. The molecule has 0 spiro atoms. The van der Waals surface area contributed by atoms with Crippen molar-refractivity contribution in [1.29, 1.82) is 0 Å². The Bertz CT molecular complexity index is 868. The van der Waals surface area contributed by atoms with Gasteiger partial charge < -0.3 is 19.3 Å². The van der Waals surface area contributed by atoms with E-state index in [1.807, 2.05) is 0 Å². The first-order chi connectivity index (χ1) is 15.1. The fraction of sp³-hybridized carbons (Fsp3) is 0.682. The van der Waals surface area contributed by atoms with Crippen LogP contribution >= 0.6 is 0 Å². The average molecular weight is 476 g/mol. The molecule has 1 aromatic carbocycles. The summed E-state index contributed by atoms with van der Waals surface area (Å²) in [5, 5.41) is 11.7. The van der Waals surface area contributed by atoms with Gasteiger partial charge in [0.25, 0.3) is 5.69 Å². The maximum atomic E-state index is 14.1. The van der Waals surface area contributed by atoms with Crippen molar-refractivity contribution in [3.63, 3.8) is 0 Å². The highest BCUT2D eigenvalue weighted by Gasteiger charge is 2.43. The molecule has 1 fully saturated rings. The van der Waals surface area contributed by atoms with E-state index in [1.165, 1.54) is 9.80 Å². The van der Waals surface area contributed by atoms with E-state index in [0.29, 0.717) is 12.8 Å². The molecule has 0 N–H and O–H groups in total. The van der Waals surface area contributed by atoms with E-state index in [9.17, 15) is 28.1 Å². The molecule has 0 saturated carbocycles. The molecule has 186 valence electrons. The van der Waals surface area contributed by atoms with Gasteiger partial charge in [-0.25, -0.2) is 4.79 Å². The smallest absolute Gasteiger partial charge is 0.422 e. The number of nitro groups is 1. The van der Waals surface area contributed by atoms with E-state index < -0.39 is 51.6 Å². The van der Waals surface area contributed by atoms with Crippen LogP contribution in [-0.4, -0.2) is 54.3 Å². The van der Waals surface area contributed by atoms with Gasteiger partial charge in [-0.05, 0) is 59.4 Å². The first-order valence-corrected chi connectivity index (χ1v) is 10.8. The lowest BCUT2D eigenvalue weighted by Gasteiger charge is -2.37. The molecule has 2 rings (SSSR count). The predicted molar refractivity (Wildman–Crippen MR) is 118 cm³/mol. The second-order valence-corrected chi connectivity index (χ2v) is 9.54. The Hall–Kier alpha value is -2.72. The highest BCUT2D eigenvalue weighted by molar-refractivity contribution is 5.73. The molecule has 11 heteroatoms. The van der Waals surface area contributed by atoms with Crippen LogP contribution in [0.25, 0.3) is 0 Å². The summed E-state index contributed by atoms with van der Waals surface area (Å²) in [5.74, 6) is -0.627. The largest absolute Gasteiger partial charge is 0.490 e.